The third-order valence-corrected chi connectivity index (χ3v) is 3.19. The number of epoxide rings is 1. The number of rotatable bonds is 2. The zero-order chi connectivity index (χ0) is 11.8. The van der Waals surface area contributed by atoms with Gasteiger partial charge in [0.05, 0.1) is 0 Å². The predicted octanol–water partition coefficient (Wildman–Crippen LogP) is 3.95. The first kappa shape index (κ1) is 10.5. The van der Waals surface area contributed by atoms with Crippen molar-refractivity contribution in [3.8, 4) is 0 Å². The van der Waals surface area contributed by atoms with Crippen molar-refractivity contribution in [2.24, 2.45) is 0 Å². The summed E-state index contributed by atoms with van der Waals surface area (Å²) in [5, 5.41) is 0. The van der Waals surface area contributed by atoms with Gasteiger partial charge in [-0.2, -0.15) is 0 Å². The van der Waals surface area contributed by atoms with Crippen molar-refractivity contribution >= 4 is 0 Å². The molecule has 0 amide bonds. The standard InChI is InChI=1S/C15H13FO/c1-10-4-2-3-5-13(10)15-14(17-15)11-6-8-12(16)9-7-11/h2-9,14-15H,1H3. The number of benzene rings is 2. The Morgan fingerprint density at radius 3 is 2.35 bits per heavy atom. The van der Waals surface area contributed by atoms with E-state index in [4.69, 9.17) is 4.74 Å². The third kappa shape index (κ3) is 1.96. The van der Waals surface area contributed by atoms with Crippen LogP contribution < -0.4 is 0 Å². The van der Waals surface area contributed by atoms with Gasteiger partial charge in [0.25, 0.3) is 0 Å². The molecule has 1 aliphatic rings. The first-order valence-corrected chi connectivity index (χ1v) is 5.72. The Labute approximate surface area is 99.9 Å². The van der Waals surface area contributed by atoms with E-state index in [0.29, 0.717) is 0 Å². The van der Waals surface area contributed by atoms with E-state index in [2.05, 4.69) is 19.1 Å². The molecule has 1 nitrogen and oxygen atoms in total. The Morgan fingerprint density at radius 1 is 0.941 bits per heavy atom. The van der Waals surface area contributed by atoms with Crippen molar-refractivity contribution in [2.45, 2.75) is 19.1 Å². The van der Waals surface area contributed by atoms with Gasteiger partial charge in [0, 0.05) is 0 Å². The molecule has 3 rings (SSSR count). The third-order valence-electron chi connectivity index (χ3n) is 3.19. The van der Waals surface area contributed by atoms with E-state index in [1.807, 2.05) is 12.1 Å². The molecule has 0 radical (unpaired) electrons. The molecule has 1 aliphatic heterocycles. The van der Waals surface area contributed by atoms with Crippen LogP contribution in [-0.2, 0) is 4.74 Å². The Bertz CT molecular complexity index is 533. The van der Waals surface area contributed by atoms with Crippen molar-refractivity contribution in [3.05, 3.63) is 71.0 Å². The van der Waals surface area contributed by atoms with Gasteiger partial charge in [0.1, 0.15) is 18.0 Å². The van der Waals surface area contributed by atoms with Gasteiger partial charge in [-0.05, 0) is 35.7 Å². The number of ether oxygens (including phenoxy) is 1. The van der Waals surface area contributed by atoms with Crippen LogP contribution in [0.4, 0.5) is 4.39 Å². The Kier molecular flexibility index (Phi) is 2.45. The van der Waals surface area contributed by atoms with Crippen LogP contribution in [0, 0.1) is 12.7 Å². The minimum absolute atomic E-state index is 0.0803. The lowest BCUT2D eigenvalue weighted by Crippen LogP contribution is -1.88. The number of halogens is 1. The molecule has 2 aromatic rings. The fourth-order valence-electron chi connectivity index (χ4n) is 2.16. The molecule has 2 atom stereocenters. The van der Waals surface area contributed by atoms with Gasteiger partial charge in [-0.1, -0.05) is 36.4 Å². The number of hydrogen-bond donors (Lipinski definition) is 0. The second-order valence-electron chi connectivity index (χ2n) is 4.39. The lowest BCUT2D eigenvalue weighted by Gasteiger charge is -2.01. The number of aryl methyl sites for hydroxylation is 1. The van der Waals surface area contributed by atoms with Crippen LogP contribution in [0.5, 0.6) is 0 Å². The molecule has 0 bridgehead atoms. The highest BCUT2D eigenvalue weighted by Crippen LogP contribution is 2.51. The van der Waals surface area contributed by atoms with Crippen molar-refractivity contribution in [2.75, 3.05) is 0 Å². The summed E-state index contributed by atoms with van der Waals surface area (Å²) >= 11 is 0. The van der Waals surface area contributed by atoms with Crippen molar-refractivity contribution in [1.29, 1.82) is 0 Å². The highest BCUT2D eigenvalue weighted by molar-refractivity contribution is 5.34. The molecule has 2 aromatic carbocycles. The molecular formula is C15H13FO. The topological polar surface area (TPSA) is 12.5 Å². The zero-order valence-corrected chi connectivity index (χ0v) is 9.56. The Balaban J connectivity index is 1.83. The fraction of sp³-hybridized carbons (Fsp3) is 0.200. The van der Waals surface area contributed by atoms with Crippen LogP contribution in [0.15, 0.2) is 48.5 Å². The molecule has 0 spiro atoms. The summed E-state index contributed by atoms with van der Waals surface area (Å²) in [6, 6.07) is 14.7. The maximum absolute atomic E-state index is 12.8. The second-order valence-corrected chi connectivity index (χ2v) is 4.39. The second kappa shape index (κ2) is 3.97. The summed E-state index contributed by atoms with van der Waals surface area (Å²) in [6.07, 6.45) is 0.207. The van der Waals surface area contributed by atoms with Gasteiger partial charge >= 0.3 is 0 Å². The van der Waals surface area contributed by atoms with Gasteiger partial charge in [-0.3, -0.25) is 0 Å². The lowest BCUT2D eigenvalue weighted by atomic mass is 10.0. The largest absolute Gasteiger partial charge is 0.359 e. The van der Waals surface area contributed by atoms with E-state index < -0.39 is 0 Å². The van der Waals surface area contributed by atoms with Crippen LogP contribution in [0.2, 0.25) is 0 Å². The van der Waals surface area contributed by atoms with E-state index in [1.165, 1.54) is 23.3 Å². The molecule has 0 saturated carbocycles. The van der Waals surface area contributed by atoms with Crippen LogP contribution in [0.1, 0.15) is 28.9 Å². The molecule has 1 fully saturated rings. The average molecular weight is 228 g/mol. The predicted molar refractivity (Wildman–Crippen MR) is 64.1 cm³/mol. The number of hydrogen-bond acceptors (Lipinski definition) is 1. The molecule has 2 heteroatoms. The van der Waals surface area contributed by atoms with E-state index in [9.17, 15) is 4.39 Å². The first-order valence-electron chi connectivity index (χ1n) is 5.72. The zero-order valence-electron chi connectivity index (χ0n) is 9.56. The maximum Gasteiger partial charge on any atom is 0.123 e. The van der Waals surface area contributed by atoms with E-state index >= 15 is 0 Å². The van der Waals surface area contributed by atoms with E-state index in [-0.39, 0.29) is 18.0 Å². The maximum atomic E-state index is 12.8. The monoisotopic (exact) mass is 228 g/mol. The highest BCUT2D eigenvalue weighted by atomic mass is 19.1. The summed E-state index contributed by atoms with van der Waals surface area (Å²) in [6.45, 7) is 2.08. The molecule has 2 unspecified atom stereocenters. The molecular weight excluding hydrogens is 215 g/mol. The summed E-state index contributed by atoms with van der Waals surface area (Å²) in [5.74, 6) is -0.207. The van der Waals surface area contributed by atoms with Crippen LogP contribution in [-0.4, -0.2) is 0 Å². The SMILES string of the molecule is Cc1ccccc1C1OC1c1ccc(F)cc1. The highest BCUT2D eigenvalue weighted by Gasteiger charge is 2.41. The minimum Gasteiger partial charge on any atom is -0.359 e. The summed E-state index contributed by atoms with van der Waals surface area (Å²) in [7, 11) is 0. The van der Waals surface area contributed by atoms with Crippen LogP contribution in [0.3, 0.4) is 0 Å². The quantitative estimate of drug-likeness (QED) is 0.709. The van der Waals surface area contributed by atoms with Crippen LogP contribution >= 0.6 is 0 Å². The van der Waals surface area contributed by atoms with Gasteiger partial charge in [0.2, 0.25) is 0 Å². The molecule has 1 saturated heterocycles. The van der Waals surface area contributed by atoms with E-state index in [1.54, 1.807) is 12.1 Å². The van der Waals surface area contributed by atoms with Gasteiger partial charge in [-0.15, -0.1) is 0 Å². The lowest BCUT2D eigenvalue weighted by molar-refractivity contribution is 0.377. The van der Waals surface area contributed by atoms with Gasteiger partial charge in [-0.25, -0.2) is 4.39 Å². The average Bonchev–Trinajstić information content (AvgIpc) is 3.11. The molecule has 0 aromatic heterocycles. The summed E-state index contributed by atoms with van der Waals surface area (Å²) in [4.78, 5) is 0. The van der Waals surface area contributed by atoms with Crippen molar-refractivity contribution in [3.63, 3.8) is 0 Å². The minimum atomic E-state index is -0.207. The first-order chi connectivity index (χ1) is 8.25. The van der Waals surface area contributed by atoms with Crippen molar-refractivity contribution < 1.29 is 9.13 Å². The van der Waals surface area contributed by atoms with E-state index in [0.717, 1.165) is 5.56 Å². The van der Waals surface area contributed by atoms with Gasteiger partial charge in [0.15, 0.2) is 0 Å². The molecule has 86 valence electrons. The Hall–Kier alpha value is -1.67. The van der Waals surface area contributed by atoms with Crippen LogP contribution in [0.25, 0.3) is 0 Å². The normalized spacial score (nSPS) is 22.5. The Morgan fingerprint density at radius 2 is 1.65 bits per heavy atom. The summed E-state index contributed by atoms with van der Waals surface area (Å²) < 4.78 is 18.5. The molecule has 0 aliphatic carbocycles. The molecule has 1 heterocycles. The summed E-state index contributed by atoms with van der Waals surface area (Å²) in [5.41, 5.74) is 3.50. The van der Waals surface area contributed by atoms with Gasteiger partial charge < -0.3 is 4.74 Å². The van der Waals surface area contributed by atoms with Crippen molar-refractivity contribution in [1.82, 2.24) is 0 Å². The molecule has 0 N–H and O–H groups in total. The fourth-order valence-corrected chi connectivity index (χ4v) is 2.16. The molecule has 17 heavy (non-hydrogen) atoms. The smallest absolute Gasteiger partial charge is 0.123 e.